The topological polar surface area (TPSA) is 39.2 Å². The van der Waals surface area contributed by atoms with Gasteiger partial charge < -0.3 is 14.7 Å². The summed E-state index contributed by atoms with van der Waals surface area (Å²) in [5.41, 5.74) is 2.28. The van der Waals surface area contributed by atoms with E-state index in [-0.39, 0.29) is 11.9 Å². The van der Waals surface area contributed by atoms with Crippen molar-refractivity contribution in [3.8, 4) is 0 Å². The summed E-state index contributed by atoms with van der Waals surface area (Å²) in [6.07, 6.45) is 3.81. The molecule has 0 radical (unpaired) electrons. The van der Waals surface area contributed by atoms with Gasteiger partial charge in [0.25, 0.3) is 0 Å². The van der Waals surface area contributed by atoms with Crippen molar-refractivity contribution in [1.82, 2.24) is 14.7 Å². The van der Waals surface area contributed by atoms with Crippen LogP contribution in [0.25, 0.3) is 0 Å². The molecule has 0 N–H and O–H groups in total. The summed E-state index contributed by atoms with van der Waals surface area (Å²) >= 11 is 5.98. The lowest BCUT2D eigenvalue weighted by molar-refractivity contribution is -0.119. The van der Waals surface area contributed by atoms with Crippen molar-refractivity contribution in [2.45, 2.75) is 39.4 Å². The molecule has 2 heterocycles. The van der Waals surface area contributed by atoms with Crippen LogP contribution in [0.2, 0.25) is 5.02 Å². The van der Waals surface area contributed by atoms with E-state index in [1.807, 2.05) is 31.2 Å². The lowest BCUT2D eigenvalue weighted by Gasteiger charge is -2.37. The number of aliphatic imine (C=N–C) groups is 1. The van der Waals surface area contributed by atoms with Crippen molar-refractivity contribution in [3.05, 3.63) is 46.7 Å². The van der Waals surface area contributed by atoms with Crippen molar-refractivity contribution in [1.29, 1.82) is 0 Å². The molecule has 0 spiro atoms. The molecule has 5 nitrogen and oxygen atoms in total. The van der Waals surface area contributed by atoms with Crippen LogP contribution in [-0.4, -0.2) is 52.7 Å². The summed E-state index contributed by atoms with van der Waals surface area (Å²) in [7, 11) is 2.07. The predicted molar refractivity (Wildman–Crippen MR) is 101 cm³/mol. The van der Waals surface area contributed by atoms with Crippen LogP contribution < -0.4 is 0 Å². The highest BCUT2D eigenvalue weighted by atomic mass is 35.5. The molecule has 0 aromatic heterocycles. The number of nitrogens with zero attached hydrogens (tertiary/aromatic N) is 4. The Labute approximate surface area is 154 Å². The molecule has 2 aliphatic rings. The summed E-state index contributed by atoms with van der Waals surface area (Å²) in [4.78, 5) is 23.4. The van der Waals surface area contributed by atoms with E-state index in [0.29, 0.717) is 19.6 Å². The standard InChI is InChI=1S/C19H25ClN4O/c1-4-16(25)11-24-13-23(10-14-6-8-15(20)9-7-14)12-17-19(24)21-18(5-2)22(17)3/h6-9,12,18H,4-5,10-11,13H2,1-3H3. The minimum Gasteiger partial charge on any atom is -0.353 e. The first-order valence-corrected chi connectivity index (χ1v) is 9.17. The molecular weight excluding hydrogens is 336 g/mol. The highest BCUT2D eigenvalue weighted by molar-refractivity contribution is 6.30. The van der Waals surface area contributed by atoms with E-state index < -0.39 is 0 Å². The molecule has 25 heavy (non-hydrogen) atoms. The van der Waals surface area contributed by atoms with Gasteiger partial charge in [-0.3, -0.25) is 4.79 Å². The Balaban J connectivity index is 1.84. The van der Waals surface area contributed by atoms with Crippen LogP contribution >= 0.6 is 11.6 Å². The summed E-state index contributed by atoms with van der Waals surface area (Å²) < 4.78 is 0. The maximum absolute atomic E-state index is 12.0. The first kappa shape index (κ1) is 17.8. The number of fused-ring (bicyclic) bond motifs is 1. The molecule has 134 valence electrons. The van der Waals surface area contributed by atoms with Gasteiger partial charge in [0.15, 0.2) is 11.6 Å². The van der Waals surface area contributed by atoms with Crippen LogP contribution in [0.3, 0.4) is 0 Å². The third-order valence-electron chi connectivity index (χ3n) is 4.71. The van der Waals surface area contributed by atoms with E-state index >= 15 is 0 Å². The number of amidine groups is 1. The molecule has 1 aromatic carbocycles. The van der Waals surface area contributed by atoms with Crippen LogP contribution in [0, 0.1) is 0 Å². The molecule has 0 saturated carbocycles. The van der Waals surface area contributed by atoms with E-state index in [1.165, 1.54) is 5.56 Å². The Morgan fingerprint density at radius 2 is 2.00 bits per heavy atom. The first-order valence-electron chi connectivity index (χ1n) is 8.79. The van der Waals surface area contributed by atoms with Gasteiger partial charge in [-0.1, -0.05) is 37.6 Å². The zero-order valence-corrected chi connectivity index (χ0v) is 15.8. The van der Waals surface area contributed by atoms with Gasteiger partial charge in [-0.25, -0.2) is 4.99 Å². The third kappa shape index (κ3) is 3.82. The van der Waals surface area contributed by atoms with Gasteiger partial charge in [0.1, 0.15) is 6.17 Å². The summed E-state index contributed by atoms with van der Waals surface area (Å²) in [6.45, 7) is 5.90. The van der Waals surface area contributed by atoms with Crippen LogP contribution in [0.15, 0.2) is 41.2 Å². The number of likely N-dealkylation sites (N-methyl/N-ethyl adjacent to an activating group) is 1. The Hall–Kier alpha value is -2.01. The quantitative estimate of drug-likeness (QED) is 0.780. The number of hydrogen-bond donors (Lipinski definition) is 0. The molecule has 0 bridgehead atoms. The van der Waals surface area contributed by atoms with Gasteiger partial charge >= 0.3 is 0 Å². The lowest BCUT2D eigenvalue weighted by atomic mass is 10.2. The van der Waals surface area contributed by atoms with Crippen LogP contribution in [0.5, 0.6) is 0 Å². The molecule has 1 unspecified atom stereocenters. The summed E-state index contributed by atoms with van der Waals surface area (Å²) in [5.74, 6) is 1.18. The fourth-order valence-corrected chi connectivity index (χ4v) is 3.37. The minimum absolute atomic E-state index is 0.149. The molecule has 0 fully saturated rings. The maximum Gasteiger partial charge on any atom is 0.153 e. The van der Waals surface area contributed by atoms with Crippen molar-refractivity contribution < 1.29 is 4.79 Å². The van der Waals surface area contributed by atoms with Crippen LogP contribution in [0.4, 0.5) is 0 Å². The van der Waals surface area contributed by atoms with E-state index in [4.69, 9.17) is 16.6 Å². The van der Waals surface area contributed by atoms with Crippen molar-refractivity contribution in [3.63, 3.8) is 0 Å². The molecule has 1 aromatic rings. The van der Waals surface area contributed by atoms with Gasteiger partial charge in [-0.2, -0.15) is 0 Å². The highest BCUT2D eigenvalue weighted by Crippen LogP contribution is 2.27. The number of ketones is 1. The number of carbonyl (C=O) groups is 1. The normalized spacial score (nSPS) is 19.7. The van der Waals surface area contributed by atoms with E-state index in [1.54, 1.807) is 0 Å². The fraction of sp³-hybridized carbons (Fsp3) is 0.474. The Morgan fingerprint density at radius 3 is 2.64 bits per heavy atom. The van der Waals surface area contributed by atoms with E-state index in [9.17, 15) is 4.79 Å². The second kappa shape index (κ2) is 7.48. The Bertz CT molecular complexity index is 698. The molecule has 3 rings (SSSR count). The molecular formula is C19H25ClN4O. The number of carbonyl (C=O) groups excluding carboxylic acids is 1. The van der Waals surface area contributed by atoms with Gasteiger partial charge in [0, 0.05) is 31.2 Å². The van der Waals surface area contributed by atoms with Gasteiger partial charge in [-0.05, 0) is 24.1 Å². The molecule has 2 aliphatic heterocycles. The predicted octanol–water partition coefficient (Wildman–Crippen LogP) is 3.32. The Morgan fingerprint density at radius 1 is 1.28 bits per heavy atom. The number of halogens is 1. The van der Waals surface area contributed by atoms with Crippen LogP contribution in [0.1, 0.15) is 32.3 Å². The molecule has 0 amide bonds. The average Bonchev–Trinajstić information content (AvgIpc) is 2.93. The maximum atomic E-state index is 12.0. The second-order valence-corrected chi connectivity index (χ2v) is 7.01. The molecule has 0 saturated heterocycles. The van der Waals surface area contributed by atoms with Gasteiger partial charge in [0.05, 0.1) is 18.9 Å². The van der Waals surface area contributed by atoms with Gasteiger partial charge in [0.2, 0.25) is 0 Å². The summed E-state index contributed by atoms with van der Waals surface area (Å²) in [5, 5.41) is 0.742. The zero-order valence-electron chi connectivity index (χ0n) is 15.1. The molecule has 6 heteroatoms. The zero-order chi connectivity index (χ0) is 18.0. The number of rotatable bonds is 6. The summed E-state index contributed by atoms with van der Waals surface area (Å²) in [6, 6.07) is 7.90. The largest absolute Gasteiger partial charge is 0.353 e. The average molecular weight is 361 g/mol. The van der Waals surface area contributed by atoms with E-state index in [0.717, 1.165) is 29.5 Å². The van der Waals surface area contributed by atoms with Crippen molar-refractivity contribution in [2.75, 3.05) is 20.3 Å². The SMILES string of the molecule is CCC(=O)CN1CN(Cc2ccc(Cl)cc2)C=C2C1=NC(CC)N2C. The van der Waals surface area contributed by atoms with E-state index in [2.05, 4.69) is 34.9 Å². The smallest absolute Gasteiger partial charge is 0.153 e. The van der Waals surface area contributed by atoms with Crippen molar-refractivity contribution in [2.24, 2.45) is 4.99 Å². The highest BCUT2D eigenvalue weighted by Gasteiger charge is 2.34. The lowest BCUT2D eigenvalue weighted by Crippen LogP contribution is -2.47. The Kier molecular flexibility index (Phi) is 5.33. The second-order valence-electron chi connectivity index (χ2n) is 6.57. The monoisotopic (exact) mass is 360 g/mol. The van der Waals surface area contributed by atoms with Crippen LogP contribution in [-0.2, 0) is 11.3 Å². The number of Topliss-reactive ketones (excluding diaryl/α,β-unsaturated/α-hetero) is 1. The molecule has 0 aliphatic carbocycles. The van der Waals surface area contributed by atoms with Crippen molar-refractivity contribution >= 4 is 23.2 Å². The number of hydrogen-bond acceptors (Lipinski definition) is 5. The van der Waals surface area contributed by atoms with Gasteiger partial charge in [-0.15, -0.1) is 0 Å². The minimum atomic E-state index is 0.149. The fourth-order valence-electron chi connectivity index (χ4n) is 3.24. The first-order chi connectivity index (χ1) is 12.0. The molecule has 1 atom stereocenters. The number of benzene rings is 1. The third-order valence-corrected chi connectivity index (χ3v) is 4.96.